The van der Waals surface area contributed by atoms with Gasteiger partial charge in [-0.05, 0) is 56.1 Å². The van der Waals surface area contributed by atoms with E-state index in [1.807, 2.05) is 13.0 Å². The minimum atomic E-state index is -2.31. The van der Waals surface area contributed by atoms with E-state index in [2.05, 4.69) is 17.9 Å². The van der Waals surface area contributed by atoms with Crippen LogP contribution in [0.4, 0.5) is 10.5 Å². The molecule has 15 nitrogen and oxygen atoms in total. The van der Waals surface area contributed by atoms with Crippen LogP contribution in [0.15, 0.2) is 24.3 Å². The van der Waals surface area contributed by atoms with Crippen LogP contribution in [0.25, 0.3) is 0 Å². The van der Waals surface area contributed by atoms with E-state index in [1.165, 1.54) is 38.0 Å². The lowest BCUT2D eigenvalue weighted by molar-refractivity contribution is -0.383. The molecule has 0 saturated carbocycles. The molecular formula is C35H50ClN3O12S. The topological polar surface area (TPSA) is 186 Å². The molecule has 3 amide bonds. The number of hydrogen-bond donors (Lipinski definition) is 4. The molecule has 3 heterocycles. The minimum absolute atomic E-state index is 0.0376. The molecule has 0 aromatic heterocycles. The number of hydrogen-bond acceptors (Lipinski definition) is 13. The van der Waals surface area contributed by atoms with E-state index < -0.39 is 78.2 Å². The number of aliphatic hydroxyl groups is 1. The lowest BCUT2D eigenvalue weighted by Crippen LogP contribution is -2.69. The summed E-state index contributed by atoms with van der Waals surface area (Å²) in [5.74, 6) is -4.30. The van der Waals surface area contributed by atoms with Crippen LogP contribution in [0.3, 0.4) is 0 Å². The fourth-order valence-electron chi connectivity index (χ4n) is 6.85. The van der Waals surface area contributed by atoms with Crippen molar-refractivity contribution < 1.29 is 58.1 Å². The fourth-order valence-corrected chi connectivity index (χ4v) is 7.36. The van der Waals surface area contributed by atoms with Gasteiger partial charge in [0.15, 0.2) is 0 Å². The van der Waals surface area contributed by atoms with Crippen LogP contribution in [-0.2, 0) is 44.6 Å². The number of thiol groups is 1. The Bertz CT molecular complexity index is 1550. The molecule has 3 aliphatic heterocycles. The average molecular weight is 772 g/mol. The van der Waals surface area contributed by atoms with Crippen molar-refractivity contribution in [2.24, 2.45) is 11.8 Å². The number of ether oxygens (including phenoxy) is 5. The van der Waals surface area contributed by atoms with Gasteiger partial charge in [-0.25, -0.2) is 19.7 Å². The van der Waals surface area contributed by atoms with Gasteiger partial charge in [0, 0.05) is 27.6 Å². The van der Waals surface area contributed by atoms with E-state index >= 15 is 0 Å². The number of alkyl carbamates (subject to hydrolysis) is 1. The summed E-state index contributed by atoms with van der Waals surface area (Å²) in [4.78, 5) is 60.7. The molecule has 4 bridgehead atoms. The Morgan fingerprint density at radius 3 is 2.54 bits per heavy atom. The van der Waals surface area contributed by atoms with Crippen LogP contribution in [-0.4, -0.2) is 115 Å². The summed E-state index contributed by atoms with van der Waals surface area (Å²) in [7, 11) is 5.84. The maximum absolute atomic E-state index is 14.1. The number of likely N-dealkylation sites (N-methyl/N-ethyl adjacent to an activating group) is 1. The molecule has 0 aliphatic carbocycles. The third kappa shape index (κ3) is 8.48. The molecule has 2 saturated heterocycles. The van der Waals surface area contributed by atoms with Crippen molar-refractivity contribution in [2.45, 2.75) is 101 Å². The van der Waals surface area contributed by atoms with Gasteiger partial charge in [-0.2, -0.15) is 12.6 Å². The fraction of sp³-hybridized carbons (Fsp3) is 0.657. The smallest absolute Gasteiger partial charge is 0.412 e. The quantitative estimate of drug-likeness (QED) is 0.0751. The first-order valence-corrected chi connectivity index (χ1v) is 18.0. The van der Waals surface area contributed by atoms with Gasteiger partial charge < -0.3 is 38.6 Å². The van der Waals surface area contributed by atoms with Crippen LogP contribution in [0.1, 0.15) is 58.9 Å². The standard InChI is InChI=1S/C35H50ClN3O12S/c1-19-10-9-11-25(47-8)34(51-45)18-35(44,50-32(43)37-34)20(2)30-33(4,49-30)26(48-31(42)21(3)38(5)27(40)12-13-52)17-28(41)39(6)23-15-22(14-19)16-24(46-7)29(23)36/h9,11,15-16,19-21,25-26,30,44-45,52H,10,12-14,17-18H2,1-8H3,(H,37,43)/b11-9+/t19?,20?,21-,25+,26-,30-,33-,34-,35-/m0/s1. The van der Waals surface area contributed by atoms with E-state index in [9.17, 15) is 29.5 Å². The Morgan fingerprint density at radius 1 is 1.23 bits per heavy atom. The summed E-state index contributed by atoms with van der Waals surface area (Å²) in [6, 6.07) is 2.55. The number of methoxy groups -OCH3 is 2. The number of nitrogens with zero attached hydrogens (tertiary/aromatic N) is 2. The first-order valence-electron chi connectivity index (χ1n) is 17.0. The van der Waals surface area contributed by atoms with Gasteiger partial charge >= 0.3 is 12.1 Å². The van der Waals surface area contributed by atoms with E-state index in [1.54, 1.807) is 39.1 Å². The Labute approximate surface area is 314 Å². The Morgan fingerprint density at radius 2 is 1.92 bits per heavy atom. The predicted octanol–water partition coefficient (Wildman–Crippen LogP) is 3.73. The summed E-state index contributed by atoms with van der Waals surface area (Å²) < 4.78 is 28.7. The predicted molar refractivity (Wildman–Crippen MR) is 192 cm³/mol. The zero-order valence-corrected chi connectivity index (χ0v) is 32.4. The molecule has 17 heteroatoms. The lowest BCUT2D eigenvalue weighted by Gasteiger charge is -2.47. The lowest BCUT2D eigenvalue weighted by atomic mass is 9.81. The average Bonchev–Trinajstić information content (AvgIpc) is 3.80. The SMILES string of the molecule is COc1cc2cc(c1Cl)N(C)C(=O)C[C@H](OC(=O)[C@H](C)N(C)C(=O)CCS)[C@]1(C)O[C@H]1C(C)[C@]1(O)C[C@@](OO)(NC(=O)O1)[C@H](OC)/C=C/CC(C)C2. The first kappa shape index (κ1) is 41.6. The number of allylic oxidation sites excluding steroid dienone is 1. The molecule has 3 N–H and O–H groups in total. The minimum Gasteiger partial charge on any atom is -0.495 e. The van der Waals surface area contributed by atoms with Gasteiger partial charge in [-0.1, -0.05) is 37.6 Å². The highest BCUT2D eigenvalue weighted by Gasteiger charge is 2.68. The van der Waals surface area contributed by atoms with Crippen LogP contribution < -0.4 is 15.0 Å². The van der Waals surface area contributed by atoms with Crippen molar-refractivity contribution in [1.29, 1.82) is 0 Å². The van der Waals surface area contributed by atoms with Crippen molar-refractivity contribution in [1.82, 2.24) is 10.2 Å². The number of rotatable bonds is 8. The maximum Gasteiger partial charge on any atom is 0.412 e. The molecule has 290 valence electrons. The number of anilines is 1. The largest absolute Gasteiger partial charge is 0.495 e. The van der Waals surface area contributed by atoms with Gasteiger partial charge in [0.05, 0.1) is 37.7 Å². The van der Waals surface area contributed by atoms with Crippen molar-refractivity contribution in [3.63, 3.8) is 0 Å². The molecule has 2 fully saturated rings. The number of fused-ring (bicyclic) bond motifs is 5. The van der Waals surface area contributed by atoms with Crippen LogP contribution in [0.5, 0.6) is 5.75 Å². The molecule has 1 aromatic carbocycles. The van der Waals surface area contributed by atoms with Crippen LogP contribution in [0, 0.1) is 11.8 Å². The third-order valence-electron chi connectivity index (χ3n) is 10.4. The van der Waals surface area contributed by atoms with Crippen molar-refractivity contribution >= 4 is 53.8 Å². The van der Waals surface area contributed by atoms with Gasteiger partial charge in [-0.15, -0.1) is 0 Å². The second-order valence-corrected chi connectivity index (χ2v) is 14.9. The number of epoxide rings is 1. The zero-order valence-electron chi connectivity index (χ0n) is 30.7. The van der Waals surface area contributed by atoms with Crippen molar-refractivity contribution in [3.8, 4) is 5.75 Å². The summed E-state index contributed by atoms with van der Waals surface area (Å²) in [5.41, 5.74) is -2.20. The molecular weight excluding hydrogens is 722 g/mol. The first-order chi connectivity index (χ1) is 24.4. The van der Waals surface area contributed by atoms with Crippen LogP contribution in [0.2, 0.25) is 5.02 Å². The third-order valence-corrected chi connectivity index (χ3v) is 11.0. The molecule has 9 atom stereocenters. The van der Waals surface area contributed by atoms with E-state index in [0.717, 1.165) is 5.56 Å². The number of halogens is 1. The van der Waals surface area contributed by atoms with Crippen molar-refractivity contribution in [2.75, 3.05) is 39.0 Å². The molecule has 3 aliphatic rings. The van der Waals surface area contributed by atoms with Crippen LogP contribution >= 0.6 is 24.2 Å². The summed E-state index contributed by atoms with van der Waals surface area (Å²) >= 11 is 10.8. The van der Waals surface area contributed by atoms with Gasteiger partial charge in [0.2, 0.25) is 23.3 Å². The summed E-state index contributed by atoms with van der Waals surface area (Å²) in [6.07, 6.45) is -0.733. The zero-order chi connectivity index (χ0) is 38.8. The van der Waals surface area contributed by atoms with E-state index in [0.29, 0.717) is 24.3 Å². The second-order valence-electron chi connectivity index (χ2n) is 14.0. The molecule has 2 unspecified atom stereocenters. The number of esters is 1. The van der Waals surface area contributed by atoms with Crippen molar-refractivity contribution in [3.05, 3.63) is 34.9 Å². The van der Waals surface area contributed by atoms with Gasteiger partial charge in [-0.3, -0.25) is 14.9 Å². The Hall–Kier alpha value is -3.12. The monoisotopic (exact) mass is 771 g/mol. The molecule has 1 aromatic rings. The second kappa shape index (κ2) is 16.5. The Kier molecular flexibility index (Phi) is 13.2. The highest BCUT2D eigenvalue weighted by molar-refractivity contribution is 7.80. The highest BCUT2D eigenvalue weighted by Crippen LogP contribution is 2.52. The molecule has 0 spiro atoms. The molecule has 0 radical (unpaired) electrons. The number of carbonyl (C=O) groups excluding carboxylic acids is 4. The number of benzene rings is 1. The maximum atomic E-state index is 14.1. The number of carbonyl (C=O) groups is 4. The normalized spacial score (nSPS) is 33.5. The summed E-state index contributed by atoms with van der Waals surface area (Å²) in [5, 5.41) is 24.8. The van der Waals surface area contributed by atoms with E-state index in [4.69, 9.17) is 40.2 Å². The van der Waals surface area contributed by atoms with Gasteiger partial charge in [0.25, 0.3) is 0 Å². The summed E-state index contributed by atoms with van der Waals surface area (Å²) in [6.45, 7) is 6.66. The van der Waals surface area contributed by atoms with Gasteiger partial charge in [0.1, 0.15) is 34.6 Å². The molecule has 4 rings (SSSR count). The number of nitrogens with one attached hydrogen (secondary N) is 1. The van der Waals surface area contributed by atoms with E-state index in [-0.39, 0.29) is 29.0 Å². The number of amides is 3. The Balaban J connectivity index is 1.80. The molecule has 52 heavy (non-hydrogen) atoms. The highest BCUT2D eigenvalue weighted by atomic mass is 35.5.